The number of amides is 2. The van der Waals surface area contributed by atoms with Gasteiger partial charge in [-0.1, -0.05) is 18.5 Å². The third kappa shape index (κ3) is 4.73. The minimum atomic E-state index is -1.09. The van der Waals surface area contributed by atoms with Crippen LogP contribution in [0.4, 0.5) is 5.69 Å². The van der Waals surface area contributed by atoms with Gasteiger partial charge in [-0.3, -0.25) is 14.4 Å². The number of halogens is 1. The van der Waals surface area contributed by atoms with Crippen molar-refractivity contribution < 1.29 is 19.5 Å². The summed E-state index contributed by atoms with van der Waals surface area (Å²) in [5, 5.41) is 11.8. The second kappa shape index (κ2) is 7.79. The Kier molecular flexibility index (Phi) is 6.37. The van der Waals surface area contributed by atoms with E-state index < -0.39 is 18.4 Å². The molecule has 0 fully saturated rings. The predicted molar refractivity (Wildman–Crippen MR) is 84.2 cm³/mol. The first-order valence-electron chi connectivity index (χ1n) is 6.86. The van der Waals surface area contributed by atoms with E-state index >= 15 is 0 Å². The van der Waals surface area contributed by atoms with E-state index in [0.29, 0.717) is 12.1 Å². The highest BCUT2D eigenvalue weighted by Crippen LogP contribution is 2.23. The quantitative estimate of drug-likeness (QED) is 0.841. The Labute approximate surface area is 134 Å². The van der Waals surface area contributed by atoms with Crippen molar-refractivity contribution in [1.29, 1.82) is 0 Å². The number of hydrogen-bond donors (Lipinski definition) is 2. The van der Waals surface area contributed by atoms with Crippen LogP contribution in [0.5, 0.6) is 0 Å². The predicted octanol–water partition coefficient (Wildman–Crippen LogP) is 2.62. The topological polar surface area (TPSA) is 86.7 Å². The smallest absolute Gasteiger partial charge is 0.323 e. The summed E-state index contributed by atoms with van der Waals surface area (Å²) in [6.07, 6.45) is 0.613. The van der Waals surface area contributed by atoms with E-state index in [4.69, 9.17) is 16.7 Å². The van der Waals surface area contributed by atoms with Crippen LogP contribution in [0.25, 0.3) is 0 Å². The minimum absolute atomic E-state index is 0.162. The van der Waals surface area contributed by atoms with Crippen LogP contribution in [0.1, 0.15) is 37.6 Å². The first-order chi connectivity index (χ1) is 10.3. The Balaban J connectivity index is 3.16. The Morgan fingerprint density at radius 3 is 2.50 bits per heavy atom. The maximum Gasteiger partial charge on any atom is 0.323 e. The van der Waals surface area contributed by atoms with E-state index in [-0.39, 0.29) is 22.5 Å². The fourth-order valence-corrected chi connectivity index (χ4v) is 2.12. The summed E-state index contributed by atoms with van der Waals surface area (Å²) < 4.78 is 0. The maximum absolute atomic E-state index is 12.6. The van der Waals surface area contributed by atoms with Gasteiger partial charge in [-0.15, -0.1) is 0 Å². The zero-order valence-corrected chi connectivity index (χ0v) is 13.5. The molecule has 2 N–H and O–H groups in total. The lowest BCUT2D eigenvalue weighted by Gasteiger charge is -2.27. The third-order valence-corrected chi connectivity index (χ3v) is 3.54. The zero-order valence-electron chi connectivity index (χ0n) is 12.7. The van der Waals surface area contributed by atoms with Gasteiger partial charge in [-0.05, 0) is 31.5 Å². The number of carboxylic acid groups (broad SMARTS) is 1. The molecule has 0 aliphatic rings. The monoisotopic (exact) mass is 326 g/mol. The molecule has 0 aromatic heterocycles. The number of carbonyl (C=O) groups is 3. The summed E-state index contributed by atoms with van der Waals surface area (Å²) in [6.45, 7) is 4.58. The van der Waals surface area contributed by atoms with E-state index in [1.54, 1.807) is 13.0 Å². The van der Waals surface area contributed by atoms with Crippen LogP contribution in [-0.4, -0.2) is 40.4 Å². The molecular weight excluding hydrogens is 308 g/mol. The van der Waals surface area contributed by atoms with Gasteiger partial charge in [0.1, 0.15) is 6.54 Å². The number of nitrogens with zero attached hydrogens (tertiary/aromatic N) is 1. The molecule has 1 aromatic rings. The van der Waals surface area contributed by atoms with Gasteiger partial charge in [0.2, 0.25) is 5.91 Å². The number of carboxylic acids is 1. The molecule has 22 heavy (non-hydrogen) atoms. The van der Waals surface area contributed by atoms with Crippen molar-refractivity contribution >= 4 is 35.1 Å². The lowest BCUT2D eigenvalue weighted by molar-refractivity contribution is -0.138. The molecule has 0 spiro atoms. The summed E-state index contributed by atoms with van der Waals surface area (Å²) >= 11 is 6.05. The van der Waals surface area contributed by atoms with Crippen molar-refractivity contribution in [3.8, 4) is 0 Å². The fourth-order valence-electron chi connectivity index (χ4n) is 1.92. The van der Waals surface area contributed by atoms with E-state index in [2.05, 4.69) is 5.32 Å². The zero-order chi connectivity index (χ0) is 16.9. The van der Waals surface area contributed by atoms with Crippen LogP contribution in [0.3, 0.4) is 0 Å². The van der Waals surface area contributed by atoms with Gasteiger partial charge >= 0.3 is 5.97 Å². The third-order valence-electron chi connectivity index (χ3n) is 3.21. The van der Waals surface area contributed by atoms with Crippen molar-refractivity contribution in [3.05, 3.63) is 28.8 Å². The molecule has 120 valence electrons. The maximum atomic E-state index is 12.6. The van der Waals surface area contributed by atoms with Crippen LogP contribution >= 0.6 is 11.6 Å². The van der Waals surface area contributed by atoms with Crippen LogP contribution in [-0.2, 0) is 9.59 Å². The molecule has 0 bridgehead atoms. The molecule has 0 saturated heterocycles. The average molecular weight is 327 g/mol. The van der Waals surface area contributed by atoms with Crippen molar-refractivity contribution in [1.82, 2.24) is 4.90 Å². The van der Waals surface area contributed by atoms with E-state index in [1.165, 1.54) is 24.0 Å². The molecule has 6 nitrogen and oxygen atoms in total. The van der Waals surface area contributed by atoms with Gasteiger partial charge in [0.15, 0.2) is 0 Å². The van der Waals surface area contributed by atoms with Gasteiger partial charge < -0.3 is 15.3 Å². The van der Waals surface area contributed by atoms with Crippen molar-refractivity contribution in [2.24, 2.45) is 0 Å². The van der Waals surface area contributed by atoms with Crippen LogP contribution in [0.15, 0.2) is 18.2 Å². The molecule has 0 heterocycles. The molecule has 1 aromatic carbocycles. The summed E-state index contributed by atoms with van der Waals surface area (Å²) in [7, 11) is 0. The number of carbonyl (C=O) groups excluding carboxylic acids is 2. The number of aliphatic carboxylic acids is 1. The van der Waals surface area contributed by atoms with Gasteiger partial charge in [0.05, 0.1) is 10.6 Å². The first-order valence-corrected chi connectivity index (χ1v) is 7.24. The second-order valence-corrected chi connectivity index (χ2v) is 5.37. The standard InChI is InChI=1S/C15H19ClN2O4/c1-4-9(2)18(8-14(20)21)15(22)12-7-11(17-10(3)19)5-6-13(12)16/h5-7,9H,4,8H2,1-3H3,(H,17,19)(H,20,21). The summed E-state index contributed by atoms with van der Waals surface area (Å²) in [4.78, 5) is 35.9. The molecule has 0 aliphatic carbocycles. The highest BCUT2D eigenvalue weighted by molar-refractivity contribution is 6.34. The molecule has 0 aliphatic heterocycles. The number of benzene rings is 1. The Morgan fingerprint density at radius 1 is 1.36 bits per heavy atom. The average Bonchev–Trinajstić information content (AvgIpc) is 2.44. The summed E-state index contributed by atoms with van der Waals surface area (Å²) in [5.74, 6) is -1.85. The van der Waals surface area contributed by atoms with Gasteiger partial charge in [0, 0.05) is 18.7 Å². The number of anilines is 1. The molecule has 7 heteroatoms. The molecule has 2 amide bonds. The Morgan fingerprint density at radius 2 is 2.00 bits per heavy atom. The van der Waals surface area contributed by atoms with Crippen LogP contribution < -0.4 is 5.32 Å². The highest BCUT2D eigenvalue weighted by Gasteiger charge is 2.24. The van der Waals surface area contributed by atoms with Crippen LogP contribution in [0.2, 0.25) is 5.02 Å². The number of rotatable bonds is 6. The van der Waals surface area contributed by atoms with E-state index in [0.717, 1.165) is 0 Å². The van der Waals surface area contributed by atoms with E-state index in [9.17, 15) is 14.4 Å². The molecule has 0 radical (unpaired) electrons. The summed E-state index contributed by atoms with van der Waals surface area (Å²) in [5.41, 5.74) is 0.592. The Bertz CT molecular complexity index is 589. The highest BCUT2D eigenvalue weighted by atomic mass is 35.5. The molecule has 1 unspecified atom stereocenters. The molecule has 0 saturated carbocycles. The lowest BCUT2D eigenvalue weighted by Crippen LogP contribution is -2.42. The molecular formula is C15H19ClN2O4. The SMILES string of the molecule is CCC(C)N(CC(=O)O)C(=O)c1cc(NC(C)=O)ccc1Cl. The first kappa shape index (κ1) is 18.0. The molecule has 1 atom stereocenters. The van der Waals surface area contributed by atoms with E-state index in [1.807, 2.05) is 6.92 Å². The second-order valence-electron chi connectivity index (χ2n) is 4.96. The number of hydrogen-bond acceptors (Lipinski definition) is 3. The minimum Gasteiger partial charge on any atom is -0.480 e. The largest absolute Gasteiger partial charge is 0.480 e. The van der Waals surface area contributed by atoms with Crippen molar-refractivity contribution in [2.75, 3.05) is 11.9 Å². The normalized spacial score (nSPS) is 11.6. The Hall–Kier alpha value is -2.08. The van der Waals surface area contributed by atoms with Crippen molar-refractivity contribution in [3.63, 3.8) is 0 Å². The van der Waals surface area contributed by atoms with Gasteiger partial charge in [-0.2, -0.15) is 0 Å². The van der Waals surface area contributed by atoms with Crippen LogP contribution in [0, 0.1) is 0 Å². The van der Waals surface area contributed by atoms with Crippen molar-refractivity contribution in [2.45, 2.75) is 33.2 Å². The van der Waals surface area contributed by atoms with Gasteiger partial charge in [0.25, 0.3) is 5.91 Å². The number of nitrogens with one attached hydrogen (secondary N) is 1. The molecule has 1 rings (SSSR count). The summed E-state index contributed by atoms with van der Waals surface area (Å²) in [6, 6.07) is 4.27. The fraction of sp³-hybridized carbons (Fsp3) is 0.400. The lowest BCUT2D eigenvalue weighted by atomic mass is 10.1. The van der Waals surface area contributed by atoms with Gasteiger partial charge in [-0.25, -0.2) is 0 Å².